The highest BCUT2D eigenvalue weighted by atomic mass is 19.1. The number of nitrogens with zero attached hydrogens (tertiary/aromatic N) is 1. The number of amides is 2. The van der Waals surface area contributed by atoms with Crippen molar-refractivity contribution in [3.05, 3.63) is 75.6 Å². The second-order valence-electron chi connectivity index (χ2n) is 7.86. The van der Waals surface area contributed by atoms with Crippen molar-refractivity contribution >= 4 is 17.5 Å². The standard InChI is InChI=1S/C21H24FN3O4/c1-13(23-20(27)15-6-5-7-17(12-15)25(28)29)19(26)24-18(21(2,3)4)14-8-10-16(22)11-9-14/h5-13,18H,1-4H3,(H,23,27)(H,24,26). The molecule has 0 heterocycles. The summed E-state index contributed by atoms with van der Waals surface area (Å²) in [6.45, 7) is 7.34. The van der Waals surface area contributed by atoms with E-state index in [0.717, 1.165) is 11.6 Å². The van der Waals surface area contributed by atoms with E-state index in [4.69, 9.17) is 0 Å². The molecule has 0 bridgehead atoms. The van der Waals surface area contributed by atoms with E-state index in [9.17, 15) is 24.1 Å². The van der Waals surface area contributed by atoms with E-state index < -0.39 is 28.8 Å². The third-order valence-corrected chi connectivity index (χ3v) is 4.42. The van der Waals surface area contributed by atoms with Crippen LogP contribution in [0.25, 0.3) is 0 Å². The van der Waals surface area contributed by atoms with E-state index in [-0.39, 0.29) is 22.5 Å². The second-order valence-corrected chi connectivity index (χ2v) is 7.86. The maximum atomic E-state index is 13.2. The van der Waals surface area contributed by atoms with Gasteiger partial charge in [-0.15, -0.1) is 0 Å². The molecule has 2 rings (SSSR count). The molecule has 0 aliphatic carbocycles. The summed E-state index contributed by atoms with van der Waals surface area (Å²) in [5, 5.41) is 16.3. The monoisotopic (exact) mass is 401 g/mol. The lowest BCUT2D eigenvalue weighted by Gasteiger charge is -2.33. The van der Waals surface area contributed by atoms with Crippen LogP contribution in [0.2, 0.25) is 0 Å². The molecular weight excluding hydrogens is 377 g/mol. The lowest BCUT2D eigenvalue weighted by Crippen LogP contribution is -2.48. The van der Waals surface area contributed by atoms with E-state index in [1.165, 1.54) is 37.3 Å². The minimum absolute atomic E-state index is 0.0877. The van der Waals surface area contributed by atoms with Crippen LogP contribution in [0, 0.1) is 21.3 Å². The Hall–Kier alpha value is -3.29. The van der Waals surface area contributed by atoms with Crippen LogP contribution in [0.5, 0.6) is 0 Å². The normalized spacial score (nSPS) is 13.3. The van der Waals surface area contributed by atoms with Gasteiger partial charge in [0.15, 0.2) is 0 Å². The van der Waals surface area contributed by atoms with E-state index in [1.54, 1.807) is 12.1 Å². The summed E-state index contributed by atoms with van der Waals surface area (Å²) in [7, 11) is 0. The van der Waals surface area contributed by atoms with Crippen LogP contribution in [0.4, 0.5) is 10.1 Å². The number of benzene rings is 2. The minimum atomic E-state index is -0.882. The average molecular weight is 401 g/mol. The van der Waals surface area contributed by atoms with Crippen LogP contribution in [0.3, 0.4) is 0 Å². The molecule has 0 saturated carbocycles. The van der Waals surface area contributed by atoms with Gasteiger partial charge in [0, 0.05) is 17.7 Å². The molecule has 8 heteroatoms. The van der Waals surface area contributed by atoms with Crippen molar-refractivity contribution in [1.29, 1.82) is 0 Å². The molecule has 154 valence electrons. The zero-order chi connectivity index (χ0) is 21.8. The van der Waals surface area contributed by atoms with Gasteiger partial charge in [-0.05, 0) is 36.1 Å². The lowest BCUT2D eigenvalue weighted by molar-refractivity contribution is -0.384. The summed E-state index contributed by atoms with van der Waals surface area (Å²) in [6.07, 6.45) is 0. The largest absolute Gasteiger partial charge is 0.347 e. The molecular formula is C21H24FN3O4. The Morgan fingerprint density at radius 3 is 2.24 bits per heavy atom. The molecule has 0 aliphatic rings. The summed E-state index contributed by atoms with van der Waals surface area (Å²) in [4.78, 5) is 35.3. The molecule has 2 aromatic rings. The zero-order valence-electron chi connectivity index (χ0n) is 16.7. The number of nitro groups is 1. The molecule has 29 heavy (non-hydrogen) atoms. The second kappa shape index (κ2) is 8.81. The molecule has 0 fully saturated rings. The van der Waals surface area contributed by atoms with Crippen molar-refractivity contribution < 1.29 is 18.9 Å². The van der Waals surface area contributed by atoms with Crippen LogP contribution in [-0.2, 0) is 4.79 Å². The van der Waals surface area contributed by atoms with Crippen molar-refractivity contribution in [3.8, 4) is 0 Å². The summed E-state index contributed by atoms with van der Waals surface area (Å²) in [5.41, 5.74) is 0.255. The lowest BCUT2D eigenvalue weighted by atomic mass is 9.82. The van der Waals surface area contributed by atoms with Gasteiger partial charge in [0.25, 0.3) is 11.6 Å². The summed E-state index contributed by atoms with van der Waals surface area (Å²) < 4.78 is 13.2. The van der Waals surface area contributed by atoms with Crippen molar-refractivity contribution in [3.63, 3.8) is 0 Å². The van der Waals surface area contributed by atoms with E-state index in [2.05, 4.69) is 10.6 Å². The van der Waals surface area contributed by atoms with Gasteiger partial charge in [0.1, 0.15) is 11.9 Å². The first-order valence-corrected chi connectivity index (χ1v) is 9.10. The average Bonchev–Trinajstić information content (AvgIpc) is 2.65. The van der Waals surface area contributed by atoms with Gasteiger partial charge in [-0.3, -0.25) is 19.7 Å². The third-order valence-electron chi connectivity index (χ3n) is 4.42. The number of nitrogens with one attached hydrogen (secondary N) is 2. The number of carbonyl (C=O) groups excluding carboxylic acids is 2. The topological polar surface area (TPSA) is 101 Å². The number of hydrogen-bond acceptors (Lipinski definition) is 4. The Kier molecular flexibility index (Phi) is 6.68. The van der Waals surface area contributed by atoms with Gasteiger partial charge in [0.05, 0.1) is 11.0 Å². The van der Waals surface area contributed by atoms with Crippen molar-refractivity contribution in [2.24, 2.45) is 5.41 Å². The predicted molar refractivity (Wildman–Crippen MR) is 107 cm³/mol. The summed E-state index contributed by atoms with van der Waals surface area (Å²) in [6, 6.07) is 9.85. The zero-order valence-corrected chi connectivity index (χ0v) is 16.7. The first-order chi connectivity index (χ1) is 13.5. The molecule has 2 amide bonds. The van der Waals surface area contributed by atoms with Crippen molar-refractivity contribution in [2.75, 3.05) is 0 Å². The highest BCUT2D eigenvalue weighted by Crippen LogP contribution is 2.32. The molecule has 0 spiro atoms. The van der Waals surface area contributed by atoms with Crippen LogP contribution in [-0.4, -0.2) is 22.8 Å². The molecule has 0 radical (unpaired) electrons. The van der Waals surface area contributed by atoms with E-state index >= 15 is 0 Å². The van der Waals surface area contributed by atoms with Crippen molar-refractivity contribution in [2.45, 2.75) is 39.8 Å². The minimum Gasteiger partial charge on any atom is -0.347 e. The molecule has 2 unspecified atom stereocenters. The van der Waals surface area contributed by atoms with Gasteiger partial charge in [0.2, 0.25) is 5.91 Å². The number of carbonyl (C=O) groups is 2. The fourth-order valence-electron chi connectivity index (χ4n) is 2.83. The fourth-order valence-corrected chi connectivity index (χ4v) is 2.83. The van der Waals surface area contributed by atoms with Gasteiger partial charge >= 0.3 is 0 Å². The molecule has 2 aromatic carbocycles. The van der Waals surface area contributed by atoms with E-state index in [1.807, 2.05) is 20.8 Å². The Morgan fingerprint density at radius 2 is 1.69 bits per heavy atom. The number of hydrogen-bond donors (Lipinski definition) is 2. The number of non-ortho nitro benzene ring substituents is 1. The van der Waals surface area contributed by atoms with Crippen LogP contribution >= 0.6 is 0 Å². The highest BCUT2D eigenvalue weighted by Gasteiger charge is 2.30. The molecule has 7 nitrogen and oxygen atoms in total. The molecule has 2 N–H and O–H groups in total. The van der Waals surface area contributed by atoms with Crippen molar-refractivity contribution in [1.82, 2.24) is 10.6 Å². The molecule has 0 aromatic heterocycles. The SMILES string of the molecule is CC(NC(=O)c1cccc([N+](=O)[O-])c1)C(=O)NC(c1ccc(F)cc1)C(C)(C)C. The molecule has 0 aliphatic heterocycles. The molecule has 2 atom stereocenters. The van der Waals surface area contributed by atoms with Crippen LogP contribution in [0.15, 0.2) is 48.5 Å². The maximum absolute atomic E-state index is 13.2. The van der Waals surface area contributed by atoms with Crippen LogP contribution in [0.1, 0.15) is 49.7 Å². The highest BCUT2D eigenvalue weighted by molar-refractivity contribution is 5.97. The van der Waals surface area contributed by atoms with Gasteiger partial charge in [-0.2, -0.15) is 0 Å². The fraction of sp³-hybridized carbons (Fsp3) is 0.333. The third kappa shape index (κ3) is 5.84. The first-order valence-electron chi connectivity index (χ1n) is 9.10. The van der Waals surface area contributed by atoms with E-state index in [0.29, 0.717) is 0 Å². The summed E-state index contributed by atoms with van der Waals surface area (Å²) >= 11 is 0. The Morgan fingerprint density at radius 1 is 1.07 bits per heavy atom. The first kappa shape index (κ1) is 22.0. The Bertz CT molecular complexity index is 907. The quantitative estimate of drug-likeness (QED) is 0.568. The Balaban J connectivity index is 2.11. The maximum Gasteiger partial charge on any atom is 0.270 e. The summed E-state index contributed by atoms with van der Waals surface area (Å²) in [5.74, 6) is -1.39. The van der Waals surface area contributed by atoms with Gasteiger partial charge in [-0.25, -0.2) is 4.39 Å². The predicted octanol–water partition coefficient (Wildman–Crippen LogP) is 3.76. The molecule has 0 saturated heterocycles. The number of halogens is 1. The van der Waals surface area contributed by atoms with Gasteiger partial charge < -0.3 is 10.6 Å². The Labute approximate surface area is 168 Å². The van der Waals surface area contributed by atoms with Crippen LogP contribution < -0.4 is 10.6 Å². The number of rotatable bonds is 6. The smallest absolute Gasteiger partial charge is 0.270 e. The number of nitro benzene ring substituents is 1. The van der Waals surface area contributed by atoms with Gasteiger partial charge in [-0.1, -0.05) is 39.0 Å².